The molecule has 2 rings (SSSR count). The van der Waals surface area contributed by atoms with Crippen LogP contribution < -0.4 is 4.72 Å². The lowest BCUT2D eigenvalue weighted by Crippen LogP contribution is -2.26. The van der Waals surface area contributed by atoms with Crippen LogP contribution in [0.1, 0.15) is 44.1 Å². The van der Waals surface area contributed by atoms with Gasteiger partial charge in [-0.15, -0.1) is 0 Å². The Morgan fingerprint density at radius 1 is 1.27 bits per heavy atom. The van der Waals surface area contributed by atoms with Crippen LogP contribution in [-0.4, -0.2) is 27.7 Å². The summed E-state index contributed by atoms with van der Waals surface area (Å²) in [5.41, 5.74) is 0.337. The van der Waals surface area contributed by atoms with E-state index in [1.807, 2.05) is 6.07 Å². The number of sulfonamides is 1. The summed E-state index contributed by atoms with van der Waals surface area (Å²) in [7, 11) is -3.55. The first-order chi connectivity index (χ1) is 10.6. The summed E-state index contributed by atoms with van der Waals surface area (Å²) in [6.07, 6.45) is 6.98. The van der Waals surface area contributed by atoms with Gasteiger partial charge in [0.25, 0.3) is 0 Å². The van der Waals surface area contributed by atoms with Crippen molar-refractivity contribution < 1.29 is 13.2 Å². The summed E-state index contributed by atoms with van der Waals surface area (Å²) < 4.78 is 32.5. The van der Waals surface area contributed by atoms with E-state index in [0.29, 0.717) is 31.2 Å². The minimum atomic E-state index is -3.55. The standard InChI is InChI=1S/C16H22N2O3S/c17-13-14-6-4-9-16(12-14)22(19,20)18-10-5-11-21-15-7-2-1-3-8-15/h4,6,9,12,15,18H,1-3,5,7-8,10-11H2. The third-order valence-electron chi connectivity index (χ3n) is 3.79. The fraction of sp³-hybridized carbons (Fsp3) is 0.562. The van der Waals surface area contributed by atoms with Crippen LogP contribution in [0.4, 0.5) is 0 Å². The van der Waals surface area contributed by atoms with Gasteiger partial charge >= 0.3 is 0 Å². The number of hydrogen-bond donors (Lipinski definition) is 1. The lowest BCUT2D eigenvalue weighted by atomic mass is 9.98. The van der Waals surface area contributed by atoms with E-state index in [1.165, 1.54) is 31.4 Å². The molecule has 1 aromatic carbocycles. The first-order valence-corrected chi connectivity index (χ1v) is 9.21. The highest BCUT2D eigenvalue weighted by molar-refractivity contribution is 7.89. The number of benzene rings is 1. The molecule has 0 aliphatic heterocycles. The predicted octanol–water partition coefficient (Wildman–Crippen LogP) is 2.58. The molecule has 1 aromatic rings. The summed E-state index contributed by atoms with van der Waals surface area (Å²) >= 11 is 0. The number of hydrogen-bond acceptors (Lipinski definition) is 4. The molecule has 1 aliphatic carbocycles. The van der Waals surface area contributed by atoms with Crippen molar-refractivity contribution in [1.82, 2.24) is 4.72 Å². The summed E-state index contributed by atoms with van der Waals surface area (Å²) in [5, 5.41) is 8.82. The summed E-state index contributed by atoms with van der Waals surface area (Å²) in [6, 6.07) is 7.95. The van der Waals surface area contributed by atoms with Gasteiger partial charge in [0.2, 0.25) is 10.0 Å². The highest BCUT2D eigenvalue weighted by Crippen LogP contribution is 2.20. The van der Waals surface area contributed by atoms with Crippen molar-refractivity contribution in [2.24, 2.45) is 0 Å². The van der Waals surface area contributed by atoms with Gasteiger partial charge in [0.1, 0.15) is 0 Å². The van der Waals surface area contributed by atoms with Gasteiger partial charge in [0.05, 0.1) is 22.6 Å². The van der Waals surface area contributed by atoms with Crippen LogP contribution in [0.25, 0.3) is 0 Å². The third kappa shape index (κ3) is 5.09. The number of ether oxygens (including phenoxy) is 1. The molecule has 0 saturated heterocycles. The van der Waals surface area contributed by atoms with Gasteiger partial charge in [0, 0.05) is 13.2 Å². The van der Waals surface area contributed by atoms with Gasteiger partial charge in [-0.05, 0) is 37.5 Å². The van der Waals surface area contributed by atoms with Crippen LogP contribution >= 0.6 is 0 Å². The quantitative estimate of drug-likeness (QED) is 0.783. The SMILES string of the molecule is N#Cc1cccc(S(=O)(=O)NCCCOC2CCCCC2)c1. The molecule has 0 radical (unpaired) electrons. The Balaban J connectivity index is 1.74. The molecule has 1 saturated carbocycles. The van der Waals surface area contributed by atoms with Crippen LogP contribution in [0, 0.1) is 11.3 Å². The molecular weight excluding hydrogens is 300 g/mol. The Morgan fingerprint density at radius 3 is 2.77 bits per heavy atom. The molecule has 1 aliphatic rings. The van der Waals surface area contributed by atoms with Crippen molar-refractivity contribution in [2.45, 2.75) is 49.5 Å². The van der Waals surface area contributed by atoms with Gasteiger partial charge in [-0.25, -0.2) is 13.1 Å². The minimum Gasteiger partial charge on any atom is -0.378 e. The Labute approximate surface area is 132 Å². The van der Waals surface area contributed by atoms with Crippen LogP contribution in [0.15, 0.2) is 29.2 Å². The van der Waals surface area contributed by atoms with Gasteiger partial charge in [-0.3, -0.25) is 0 Å². The molecule has 1 fully saturated rings. The lowest BCUT2D eigenvalue weighted by molar-refractivity contribution is 0.0278. The molecule has 1 N–H and O–H groups in total. The average molecular weight is 322 g/mol. The molecule has 0 bridgehead atoms. The molecule has 5 nitrogen and oxygen atoms in total. The fourth-order valence-corrected chi connectivity index (χ4v) is 3.70. The van der Waals surface area contributed by atoms with Crippen molar-refractivity contribution in [3.63, 3.8) is 0 Å². The first-order valence-electron chi connectivity index (χ1n) is 7.73. The molecule has 0 unspecified atom stereocenters. The Morgan fingerprint density at radius 2 is 2.05 bits per heavy atom. The molecular formula is C16H22N2O3S. The molecule has 0 spiro atoms. The molecule has 0 aromatic heterocycles. The highest BCUT2D eigenvalue weighted by atomic mass is 32.2. The van der Waals surface area contributed by atoms with E-state index in [-0.39, 0.29) is 4.90 Å². The highest BCUT2D eigenvalue weighted by Gasteiger charge is 2.15. The van der Waals surface area contributed by atoms with Crippen molar-refractivity contribution in [2.75, 3.05) is 13.2 Å². The average Bonchev–Trinajstić information content (AvgIpc) is 2.55. The molecule has 6 heteroatoms. The van der Waals surface area contributed by atoms with E-state index < -0.39 is 10.0 Å². The van der Waals surface area contributed by atoms with E-state index in [2.05, 4.69) is 4.72 Å². The normalized spacial score (nSPS) is 16.3. The second-order valence-electron chi connectivity index (χ2n) is 5.52. The van der Waals surface area contributed by atoms with Crippen molar-refractivity contribution in [1.29, 1.82) is 5.26 Å². The van der Waals surface area contributed by atoms with Crippen LogP contribution in [-0.2, 0) is 14.8 Å². The first kappa shape index (κ1) is 16.9. The fourth-order valence-electron chi connectivity index (χ4n) is 2.58. The van der Waals surface area contributed by atoms with E-state index in [0.717, 1.165) is 12.8 Å². The monoisotopic (exact) mass is 322 g/mol. The van der Waals surface area contributed by atoms with E-state index in [9.17, 15) is 8.42 Å². The smallest absolute Gasteiger partial charge is 0.240 e. The van der Waals surface area contributed by atoms with Gasteiger partial charge < -0.3 is 4.74 Å². The van der Waals surface area contributed by atoms with Crippen molar-refractivity contribution in [3.05, 3.63) is 29.8 Å². The summed E-state index contributed by atoms with van der Waals surface area (Å²) in [4.78, 5) is 0.125. The molecule has 0 atom stereocenters. The van der Waals surface area contributed by atoms with Crippen LogP contribution in [0.5, 0.6) is 0 Å². The number of nitriles is 1. The van der Waals surface area contributed by atoms with E-state index in [1.54, 1.807) is 12.1 Å². The zero-order valence-corrected chi connectivity index (χ0v) is 13.4. The van der Waals surface area contributed by atoms with Crippen molar-refractivity contribution >= 4 is 10.0 Å². The number of rotatable bonds is 7. The zero-order chi connectivity index (χ0) is 15.8. The molecule has 0 amide bonds. The molecule has 22 heavy (non-hydrogen) atoms. The maximum Gasteiger partial charge on any atom is 0.240 e. The predicted molar refractivity (Wildman–Crippen MR) is 83.8 cm³/mol. The molecule has 0 heterocycles. The largest absolute Gasteiger partial charge is 0.378 e. The minimum absolute atomic E-state index is 0.125. The Kier molecular flexibility index (Phi) is 6.37. The second kappa shape index (κ2) is 8.28. The van der Waals surface area contributed by atoms with Crippen molar-refractivity contribution in [3.8, 4) is 6.07 Å². The van der Waals surface area contributed by atoms with Gasteiger partial charge in [-0.1, -0.05) is 25.3 Å². The van der Waals surface area contributed by atoms with E-state index in [4.69, 9.17) is 10.00 Å². The van der Waals surface area contributed by atoms with Crippen LogP contribution in [0.2, 0.25) is 0 Å². The van der Waals surface area contributed by atoms with Gasteiger partial charge in [-0.2, -0.15) is 5.26 Å². The number of nitrogens with zero attached hydrogens (tertiary/aromatic N) is 1. The zero-order valence-electron chi connectivity index (χ0n) is 12.6. The lowest BCUT2D eigenvalue weighted by Gasteiger charge is -2.21. The maximum absolute atomic E-state index is 12.1. The van der Waals surface area contributed by atoms with E-state index >= 15 is 0 Å². The summed E-state index contributed by atoms with van der Waals surface area (Å²) in [5.74, 6) is 0. The number of nitrogens with one attached hydrogen (secondary N) is 1. The summed E-state index contributed by atoms with van der Waals surface area (Å²) in [6.45, 7) is 0.914. The molecule has 120 valence electrons. The second-order valence-corrected chi connectivity index (χ2v) is 7.29. The Bertz CT molecular complexity index is 617. The topological polar surface area (TPSA) is 79.2 Å². The maximum atomic E-state index is 12.1. The third-order valence-corrected chi connectivity index (χ3v) is 5.25. The Hall–Kier alpha value is -1.42. The van der Waals surface area contributed by atoms with Crippen LogP contribution in [0.3, 0.4) is 0 Å². The van der Waals surface area contributed by atoms with Gasteiger partial charge in [0.15, 0.2) is 0 Å².